The molecular formula is C10H13N3O. The lowest BCUT2D eigenvalue weighted by atomic mass is 10.2. The van der Waals surface area contributed by atoms with Crippen molar-refractivity contribution in [1.29, 1.82) is 0 Å². The van der Waals surface area contributed by atoms with Gasteiger partial charge in [-0.15, -0.1) is 0 Å². The van der Waals surface area contributed by atoms with Gasteiger partial charge in [0, 0.05) is 0 Å². The summed E-state index contributed by atoms with van der Waals surface area (Å²) in [6, 6.07) is 10.1. The van der Waals surface area contributed by atoms with Crippen LogP contribution in [0.5, 0.6) is 0 Å². The van der Waals surface area contributed by atoms with E-state index in [0.717, 1.165) is 5.84 Å². The fraction of sp³-hybridized carbons (Fsp3) is 0.300. The second kappa shape index (κ2) is 4.62. The Kier molecular flexibility index (Phi) is 2.98. The largest absolute Gasteiger partial charge is 0.369 e. The minimum absolute atomic E-state index is 0.530. The van der Waals surface area contributed by atoms with Gasteiger partial charge in [-0.2, -0.15) is 5.10 Å². The molecule has 0 fully saturated rings. The molecule has 0 bridgehead atoms. The molecule has 0 amide bonds. The highest BCUT2D eigenvalue weighted by atomic mass is 16.5. The van der Waals surface area contributed by atoms with Gasteiger partial charge in [-0.05, 0) is 5.56 Å². The third-order valence-electron chi connectivity index (χ3n) is 1.94. The molecule has 0 aromatic heterocycles. The van der Waals surface area contributed by atoms with Gasteiger partial charge in [0.05, 0.1) is 6.61 Å². The maximum Gasteiger partial charge on any atom is 0.149 e. The Bertz CT molecular complexity index is 310. The van der Waals surface area contributed by atoms with Crippen molar-refractivity contribution in [2.45, 2.75) is 6.61 Å². The number of hydrazone groups is 1. The van der Waals surface area contributed by atoms with Crippen LogP contribution < -0.4 is 10.7 Å². The molecule has 74 valence electrons. The van der Waals surface area contributed by atoms with Crippen LogP contribution in [0.25, 0.3) is 0 Å². The number of nitrogens with one attached hydrogen (secondary N) is 2. The number of benzene rings is 1. The van der Waals surface area contributed by atoms with Crippen molar-refractivity contribution in [2.75, 3.05) is 13.3 Å². The number of ether oxygens (including phenoxy) is 1. The summed E-state index contributed by atoms with van der Waals surface area (Å²) in [7, 11) is 0. The van der Waals surface area contributed by atoms with Gasteiger partial charge in [0.1, 0.15) is 19.1 Å². The summed E-state index contributed by atoms with van der Waals surface area (Å²) in [5.74, 6) is 0.862. The SMILES string of the molecule is c1ccc(COCC2=NNCN2)cc1. The Hall–Kier alpha value is -1.55. The Morgan fingerprint density at radius 2 is 2.07 bits per heavy atom. The average Bonchev–Trinajstić information content (AvgIpc) is 2.72. The smallest absolute Gasteiger partial charge is 0.149 e. The van der Waals surface area contributed by atoms with E-state index in [1.807, 2.05) is 30.3 Å². The zero-order valence-corrected chi connectivity index (χ0v) is 7.86. The number of hydrogen-bond donors (Lipinski definition) is 2. The molecule has 1 aliphatic rings. The zero-order valence-electron chi connectivity index (χ0n) is 7.86. The summed E-state index contributed by atoms with van der Waals surface area (Å²) in [5, 5.41) is 7.05. The van der Waals surface area contributed by atoms with Gasteiger partial charge in [0.15, 0.2) is 0 Å². The first-order chi connectivity index (χ1) is 6.95. The predicted octanol–water partition coefficient (Wildman–Crippen LogP) is 0.667. The predicted molar refractivity (Wildman–Crippen MR) is 54.7 cm³/mol. The van der Waals surface area contributed by atoms with Crippen molar-refractivity contribution >= 4 is 5.84 Å². The fourth-order valence-electron chi connectivity index (χ4n) is 1.24. The molecule has 0 saturated heterocycles. The summed E-state index contributed by atoms with van der Waals surface area (Å²) in [4.78, 5) is 0. The molecule has 0 spiro atoms. The molecule has 14 heavy (non-hydrogen) atoms. The van der Waals surface area contributed by atoms with Crippen molar-refractivity contribution in [3.63, 3.8) is 0 Å². The quantitative estimate of drug-likeness (QED) is 0.735. The lowest BCUT2D eigenvalue weighted by molar-refractivity contribution is 0.156. The first kappa shape index (κ1) is 9.02. The maximum atomic E-state index is 5.47. The molecule has 0 atom stereocenters. The molecule has 1 aromatic rings. The lowest BCUT2D eigenvalue weighted by Crippen LogP contribution is -2.24. The highest BCUT2D eigenvalue weighted by molar-refractivity contribution is 5.84. The maximum absolute atomic E-state index is 5.47. The summed E-state index contributed by atoms with van der Waals surface area (Å²) in [6.07, 6.45) is 0. The average molecular weight is 191 g/mol. The summed E-state index contributed by atoms with van der Waals surface area (Å²) < 4.78 is 5.47. The molecule has 2 N–H and O–H groups in total. The molecule has 4 nitrogen and oxygen atoms in total. The number of nitrogens with zero attached hydrogens (tertiary/aromatic N) is 1. The highest BCUT2D eigenvalue weighted by Crippen LogP contribution is 2.00. The Balaban J connectivity index is 1.73. The van der Waals surface area contributed by atoms with Crippen molar-refractivity contribution in [1.82, 2.24) is 10.7 Å². The summed E-state index contributed by atoms with van der Waals surface area (Å²) in [6.45, 7) is 1.85. The van der Waals surface area contributed by atoms with E-state index >= 15 is 0 Å². The second-order valence-corrected chi connectivity index (χ2v) is 3.05. The second-order valence-electron chi connectivity index (χ2n) is 3.05. The van der Waals surface area contributed by atoms with Crippen LogP contribution in [0.2, 0.25) is 0 Å². The van der Waals surface area contributed by atoms with Crippen LogP contribution in [0.15, 0.2) is 35.4 Å². The molecule has 0 aliphatic carbocycles. The third-order valence-corrected chi connectivity index (χ3v) is 1.94. The van der Waals surface area contributed by atoms with Gasteiger partial charge in [0.2, 0.25) is 0 Å². The van der Waals surface area contributed by atoms with Crippen molar-refractivity contribution in [2.24, 2.45) is 5.10 Å². The first-order valence-corrected chi connectivity index (χ1v) is 4.60. The summed E-state index contributed by atoms with van der Waals surface area (Å²) >= 11 is 0. The lowest BCUT2D eigenvalue weighted by Gasteiger charge is -2.03. The van der Waals surface area contributed by atoms with Gasteiger partial charge in [-0.1, -0.05) is 30.3 Å². The van der Waals surface area contributed by atoms with Crippen LogP contribution in [0, 0.1) is 0 Å². The van der Waals surface area contributed by atoms with E-state index in [4.69, 9.17) is 4.74 Å². The highest BCUT2D eigenvalue weighted by Gasteiger charge is 2.03. The van der Waals surface area contributed by atoms with E-state index < -0.39 is 0 Å². The van der Waals surface area contributed by atoms with Crippen LogP contribution in [-0.2, 0) is 11.3 Å². The van der Waals surface area contributed by atoms with Crippen LogP contribution in [0.3, 0.4) is 0 Å². The van der Waals surface area contributed by atoms with Gasteiger partial charge in [-0.25, -0.2) is 0 Å². The van der Waals surface area contributed by atoms with Crippen LogP contribution in [0.4, 0.5) is 0 Å². The van der Waals surface area contributed by atoms with Gasteiger partial charge in [0.25, 0.3) is 0 Å². The van der Waals surface area contributed by atoms with E-state index in [-0.39, 0.29) is 0 Å². The molecular weight excluding hydrogens is 178 g/mol. The van der Waals surface area contributed by atoms with Gasteiger partial charge < -0.3 is 10.1 Å². The number of rotatable bonds is 4. The Labute approximate surface area is 83.0 Å². The summed E-state index contributed by atoms with van der Waals surface area (Å²) in [5.41, 5.74) is 4.00. The van der Waals surface area contributed by atoms with Crippen molar-refractivity contribution in [3.05, 3.63) is 35.9 Å². The van der Waals surface area contributed by atoms with Crippen LogP contribution in [0.1, 0.15) is 5.56 Å². The monoisotopic (exact) mass is 191 g/mol. The van der Waals surface area contributed by atoms with Crippen LogP contribution in [-0.4, -0.2) is 19.1 Å². The molecule has 4 heteroatoms. The van der Waals surface area contributed by atoms with Gasteiger partial charge >= 0.3 is 0 Å². The van der Waals surface area contributed by atoms with E-state index in [2.05, 4.69) is 15.8 Å². The molecule has 1 heterocycles. The molecule has 1 aliphatic heterocycles. The van der Waals surface area contributed by atoms with Crippen molar-refractivity contribution < 1.29 is 4.74 Å². The standard InChI is InChI=1S/C10H13N3O/c1-2-4-9(5-3-1)6-14-7-10-11-8-12-13-10/h1-5,12H,6-8H2,(H,11,13). The minimum atomic E-state index is 0.530. The molecule has 1 aromatic carbocycles. The third kappa shape index (κ3) is 2.47. The van der Waals surface area contributed by atoms with E-state index in [1.54, 1.807) is 0 Å². The van der Waals surface area contributed by atoms with E-state index in [1.165, 1.54) is 5.56 Å². The zero-order chi connectivity index (χ0) is 9.64. The molecule has 0 saturated carbocycles. The molecule has 2 rings (SSSR count). The normalized spacial score (nSPS) is 14.4. The topological polar surface area (TPSA) is 45.6 Å². The molecule has 0 radical (unpaired) electrons. The first-order valence-electron chi connectivity index (χ1n) is 4.60. The number of hydrogen-bond acceptors (Lipinski definition) is 4. The van der Waals surface area contributed by atoms with E-state index in [0.29, 0.717) is 19.9 Å². The Morgan fingerprint density at radius 3 is 2.79 bits per heavy atom. The van der Waals surface area contributed by atoms with Crippen molar-refractivity contribution in [3.8, 4) is 0 Å². The molecule has 0 unspecified atom stereocenters. The number of amidine groups is 1. The fourth-order valence-corrected chi connectivity index (χ4v) is 1.24. The Morgan fingerprint density at radius 1 is 1.21 bits per heavy atom. The van der Waals surface area contributed by atoms with Crippen LogP contribution >= 0.6 is 0 Å². The van der Waals surface area contributed by atoms with E-state index in [9.17, 15) is 0 Å². The minimum Gasteiger partial charge on any atom is -0.369 e. The van der Waals surface area contributed by atoms with Gasteiger partial charge in [-0.3, -0.25) is 5.43 Å².